The number of amides is 1. The molecule has 1 aliphatic heterocycles. The number of hydrogen-bond donors (Lipinski definition) is 1. The normalized spacial score (nSPS) is 13.4. The Bertz CT molecular complexity index is 1400. The van der Waals surface area contributed by atoms with E-state index in [0.29, 0.717) is 42.2 Å². The summed E-state index contributed by atoms with van der Waals surface area (Å²) in [4.78, 5) is 29.4. The molecule has 1 aromatic heterocycles. The fourth-order valence-electron chi connectivity index (χ4n) is 4.79. The average Bonchev–Trinajstić information content (AvgIpc) is 3.30. The van der Waals surface area contributed by atoms with E-state index in [1.165, 1.54) is 52.6 Å². The first-order valence-corrected chi connectivity index (χ1v) is 15.4. The number of fused-ring (bicyclic) bond motifs is 1. The molecular formula is C29H36ClN3O5S2. The van der Waals surface area contributed by atoms with Gasteiger partial charge in [0.25, 0.3) is 5.91 Å². The first kappa shape index (κ1) is 31.8. The van der Waals surface area contributed by atoms with Crippen molar-refractivity contribution in [3.63, 3.8) is 0 Å². The van der Waals surface area contributed by atoms with Crippen LogP contribution in [0.15, 0.2) is 59.5 Å². The number of benzene rings is 2. The fraction of sp³-hybridized carbons (Fsp3) is 0.379. The maximum absolute atomic E-state index is 13.2. The van der Waals surface area contributed by atoms with Crippen LogP contribution in [0.2, 0.25) is 0 Å². The van der Waals surface area contributed by atoms with Crippen LogP contribution in [0.5, 0.6) is 0 Å². The second-order valence-electron chi connectivity index (χ2n) is 9.53. The van der Waals surface area contributed by atoms with E-state index >= 15 is 0 Å². The van der Waals surface area contributed by atoms with Crippen molar-refractivity contribution in [3.05, 3.63) is 81.7 Å². The van der Waals surface area contributed by atoms with Gasteiger partial charge in [0, 0.05) is 43.2 Å². The lowest BCUT2D eigenvalue weighted by molar-refractivity contribution is 0.0600. The molecular weight excluding hydrogens is 570 g/mol. The number of rotatable bonds is 11. The zero-order valence-electron chi connectivity index (χ0n) is 23.0. The Hall–Kier alpha value is -2.76. The molecule has 4 rings (SSSR count). The van der Waals surface area contributed by atoms with Gasteiger partial charge in [-0.05, 0) is 54.7 Å². The van der Waals surface area contributed by atoms with E-state index in [4.69, 9.17) is 4.74 Å². The minimum atomic E-state index is -3.64. The largest absolute Gasteiger partial charge is 0.465 e. The van der Waals surface area contributed by atoms with Gasteiger partial charge in [-0.2, -0.15) is 4.31 Å². The van der Waals surface area contributed by atoms with E-state index in [1.807, 2.05) is 32.0 Å². The highest BCUT2D eigenvalue weighted by atomic mass is 35.5. The van der Waals surface area contributed by atoms with Crippen molar-refractivity contribution in [2.75, 3.05) is 32.1 Å². The average molecular weight is 606 g/mol. The molecule has 0 aliphatic carbocycles. The second kappa shape index (κ2) is 14.2. The van der Waals surface area contributed by atoms with Gasteiger partial charge in [-0.1, -0.05) is 44.2 Å². The summed E-state index contributed by atoms with van der Waals surface area (Å²) < 4.78 is 32.7. The molecule has 2 heterocycles. The molecule has 0 atom stereocenters. The lowest BCUT2D eigenvalue weighted by Crippen LogP contribution is -2.32. The lowest BCUT2D eigenvalue weighted by atomic mass is 10.0. The molecule has 216 valence electrons. The van der Waals surface area contributed by atoms with Gasteiger partial charge in [0.1, 0.15) is 5.00 Å². The smallest absolute Gasteiger partial charge is 0.341 e. The minimum absolute atomic E-state index is 0. The van der Waals surface area contributed by atoms with Crippen LogP contribution in [0.3, 0.4) is 0 Å². The number of halogens is 1. The van der Waals surface area contributed by atoms with Gasteiger partial charge < -0.3 is 10.1 Å². The summed E-state index contributed by atoms with van der Waals surface area (Å²) in [6, 6.07) is 16.2. The molecule has 0 saturated heterocycles. The van der Waals surface area contributed by atoms with Crippen molar-refractivity contribution in [3.8, 4) is 0 Å². The van der Waals surface area contributed by atoms with Crippen molar-refractivity contribution >= 4 is 50.6 Å². The molecule has 0 unspecified atom stereocenters. The third-order valence-electron chi connectivity index (χ3n) is 6.70. The number of nitrogens with zero attached hydrogens (tertiary/aromatic N) is 2. The number of hydrogen-bond acceptors (Lipinski definition) is 7. The maximum Gasteiger partial charge on any atom is 0.341 e. The molecule has 1 amide bonds. The summed E-state index contributed by atoms with van der Waals surface area (Å²) in [5.41, 5.74) is 2.84. The van der Waals surface area contributed by atoms with Crippen LogP contribution in [0.4, 0.5) is 5.00 Å². The number of carbonyl (C=O) groups excluding carboxylic acids is 2. The lowest BCUT2D eigenvalue weighted by Gasteiger charge is -2.27. The number of nitrogens with one attached hydrogen (secondary N) is 1. The van der Waals surface area contributed by atoms with E-state index < -0.39 is 21.9 Å². The molecule has 40 heavy (non-hydrogen) atoms. The van der Waals surface area contributed by atoms with E-state index in [0.717, 1.165) is 36.4 Å². The Kier molecular flexibility index (Phi) is 11.3. The predicted octanol–water partition coefficient (Wildman–Crippen LogP) is 5.58. The quantitative estimate of drug-likeness (QED) is 0.287. The second-order valence-corrected chi connectivity index (χ2v) is 12.6. The Balaban J connectivity index is 0.00000441. The highest BCUT2D eigenvalue weighted by Crippen LogP contribution is 2.38. The van der Waals surface area contributed by atoms with Crippen LogP contribution in [0.25, 0.3) is 0 Å². The number of methoxy groups -OCH3 is 1. The number of thiophene rings is 1. The molecule has 8 nitrogen and oxygen atoms in total. The van der Waals surface area contributed by atoms with Gasteiger partial charge in [-0.25, -0.2) is 13.2 Å². The number of ether oxygens (including phenoxy) is 1. The Morgan fingerprint density at radius 1 is 1.02 bits per heavy atom. The third-order valence-corrected chi connectivity index (χ3v) is 9.75. The topological polar surface area (TPSA) is 96.0 Å². The van der Waals surface area contributed by atoms with E-state index in [9.17, 15) is 18.0 Å². The first-order chi connectivity index (χ1) is 18.8. The van der Waals surface area contributed by atoms with Crippen LogP contribution in [0, 0.1) is 0 Å². The number of carbonyl (C=O) groups is 2. The summed E-state index contributed by atoms with van der Waals surface area (Å²) >= 11 is 1.39. The van der Waals surface area contributed by atoms with E-state index in [-0.39, 0.29) is 17.3 Å². The van der Waals surface area contributed by atoms with Crippen molar-refractivity contribution in [1.82, 2.24) is 9.21 Å². The Morgan fingerprint density at radius 3 is 2.27 bits per heavy atom. The van der Waals surface area contributed by atoms with Gasteiger partial charge in [0.15, 0.2) is 0 Å². The standard InChI is InChI=1S/C29H35N3O5S2.ClH/c1-4-16-32(17-5-2)39(35,36)23-13-11-22(12-14-23)27(33)30-28-26(29(34)37-3)24-15-18-31(20-25(24)38-28)19-21-9-7-6-8-10-21;/h6-14H,4-5,15-20H2,1-3H3,(H,30,33);1H. The van der Waals surface area contributed by atoms with Crippen molar-refractivity contribution in [1.29, 1.82) is 0 Å². The third kappa shape index (κ3) is 7.11. The molecule has 11 heteroatoms. The Morgan fingerprint density at radius 2 is 1.68 bits per heavy atom. The van der Waals surface area contributed by atoms with Gasteiger partial charge in [0.2, 0.25) is 10.0 Å². The summed E-state index contributed by atoms with van der Waals surface area (Å²) in [6.45, 7) is 7.04. The molecule has 0 saturated carbocycles. The number of anilines is 1. The van der Waals surface area contributed by atoms with Gasteiger partial charge >= 0.3 is 5.97 Å². The number of sulfonamides is 1. The molecule has 0 radical (unpaired) electrons. The van der Waals surface area contributed by atoms with E-state index in [1.54, 1.807) is 0 Å². The molecule has 0 fully saturated rings. The zero-order chi connectivity index (χ0) is 28.0. The summed E-state index contributed by atoms with van der Waals surface area (Å²) in [5, 5.41) is 3.34. The van der Waals surface area contributed by atoms with Gasteiger partial charge in [-0.3, -0.25) is 9.69 Å². The number of esters is 1. The van der Waals surface area contributed by atoms with Crippen molar-refractivity contribution in [2.45, 2.75) is 51.1 Å². The van der Waals surface area contributed by atoms with Gasteiger partial charge in [-0.15, -0.1) is 23.7 Å². The van der Waals surface area contributed by atoms with Crippen molar-refractivity contribution < 1.29 is 22.7 Å². The highest BCUT2D eigenvalue weighted by Gasteiger charge is 2.30. The highest BCUT2D eigenvalue weighted by molar-refractivity contribution is 7.89. The van der Waals surface area contributed by atoms with Gasteiger partial charge in [0.05, 0.1) is 17.6 Å². The van der Waals surface area contributed by atoms with Crippen LogP contribution in [-0.2, 0) is 34.3 Å². The zero-order valence-corrected chi connectivity index (χ0v) is 25.5. The summed E-state index contributed by atoms with van der Waals surface area (Å²) in [6.07, 6.45) is 2.12. The van der Waals surface area contributed by atoms with Crippen LogP contribution in [-0.4, -0.2) is 56.2 Å². The first-order valence-electron chi connectivity index (χ1n) is 13.2. The monoisotopic (exact) mass is 605 g/mol. The summed E-state index contributed by atoms with van der Waals surface area (Å²) in [7, 11) is -2.30. The fourth-order valence-corrected chi connectivity index (χ4v) is 7.69. The van der Waals surface area contributed by atoms with Crippen LogP contribution in [0.1, 0.15) is 63.4 Å². The predicted molar refractivity (Wildman–Crippen MR) is 161 cm³/mol. The Labute approximate surface area is 246 Å². The maximum atomic E-state index is 13.2. The van der Waals surface area contributed by atoms with Crippen LogP contribution >= 0.6 is 23.7 Å². The van der Waals surface area contributed by atoms with Crippen molar-refractivity contribution in [2.24, 2.45) is 0 Å². The molecule has 0 bridgehead atoms. The molecule has 1 aliphatic rings. The van der Waals surface area contributed by atoms with Crippen LogP contribution < -0.4 is 5.32 Å². The molecule has 1 N–H and O–H groups in total. The van der Waals surface area contributed by atoms with E-state index in [2.05, 4.69) is 22.3 Å². The molecule has 3 aromatic rings. The molecule has 2 aromatic carbocycles. The SMILES string of the molecule is CCCN(CCC)S(=O)(=O)c1ccc(C(=O)Nc2sc3c(c2C(=O)OC)CCN(Cc2ccccc2)C3)cc1.Cl. The minimum Gasteiger partial charge on any atom is -0.465 e. The summed E-state index contributed by atoms with van der Waals surface area (Å²) in [5.74, 6) is -0.893. The molecule has 0 spiro atoms.